The molecule has 0 bridgehead atoms. The van der Waals surface area contributed by atoms with Gasteiger partial charge in [0.05, 0.1) is 0 Å². The summed E-state index contributed by atoms with van der Waals surface area (Å²) < 4.78 is 0. The molecule has 5 heteroatoms. The van der Waals surface area contributed by atoms with E-state index in [4.69, 9.17) is 0 Å². The Bertz CT molecular complexity index is 215. The van der Waals surface area contributed by atoms with E-state index in [2.05, 4.69) is 9.98 Å². The monoisotopic (exact) mass is 170 g/mol. The van der Waals surface area contributed by atoms with Crippen LogP contribution >= 0.6 is 11.8 Å². The second kappa shape index (κ2) is 3.49. The molecule has 0 radical (unpaired) electrons. The van der Waals surface area contributed by atoms with Gasteiger partial charge in [-0.1, -0.05) is 0 Å². The second-order valence-electron chi connectivity index (χ2n) is 2.10. The zero-order valence-corrected chi connectivity index (χ0v) is 6.56. The summed E-state index contributed by atoms with van der Waals surface area (Å²) in [6.45, 7) is 0. The fraction of sp³-hybridized carbons (Fsp3) is 0.667. The third kappa shape index (κ3) is 1.77. The molecule has 1 heterocycles. The zero-order valence-electron chi connectivity index (χ0n) is 5.74. The van der Waals surface area contributed by atoms with Gasteiger partial charge in [-0.3, -0.25) is 0 Å². The Labute approximate surface area is 67.8 Å². The highest BCUT2D eigenvalue weighted by molar-refractivity contribution is 8.00. The summed E-state index contributed by atoms with van der Waals surface area (Å²) in [4.78, 5) is 26.0. The molecule has 4 nitrogen and oxygen atoms in total. The smallest absolute Gasteiger partial charge is 0.211 e. The minimum absolute atomic E-state index is 0.627. The van der Waals surface area contributed by atoms with Gasteiger partial charge in [-0.15, -0.1) is 11.8 Å². The molecule has 0 aromatic heterocycles. The van der Waals surface area contributed by atoms with E-state index in [1.807, 2.05) is 0 Å². The number of hydrogen-bond donors (Lipinski definition) is 0. The van der Waals surface area contributed by atoms with Crippen molar-refractivity contribution in [1.82, 2.24) is 0 Å². The molecule has 0 aliphatic carbocycles. The van der Waals surface area contributed by atoms with Crippen LogP contribution in [0.1, 0.15) is 12.8 Å². The molecule has 0 aromatic rings. The van der Waals surface area contributed by atoms with Crippen LogP contribution < -0.4 is 0 Å². The van der Waals surface area contributed by atoms with E-state index in [9.17, 15) is 9.59 Å². The van der Waals surface area contributed by atoms with Crippen molar-refractivity contribution in [3.63, 3.8) is 0 Å². The van der Waals surface area contributed by atoms with Crippen LogP contribution in [0.15, 0.2) is 9.98 Å². The minimum Gasteiger partial charge on any atom is -0.211 e. The van der Waals surface area contributed by atoms with Crippen molar-refractivity contribution in [2.75, 3.05) is 5.75 Å². The summed E-state index contributed by atoms with van der Waals surface area (Å²) in [6.07, 6.45) is 4.38. The zero-order chi connectivity index (χ0) is 8.16. The summed E-state index contributed by atoms with van der Waals surface area (Å²) in [5, 5.41) is 0. The molecule has 58 valence electrons. The number of hydrogen-bond acceptors (Lipinski definition) is 5. The number of carbonyl (C=O) groups excluding carboxylic acids is 2. The van der Waals surface area contributed by atoms with E-state index >= 15 is 0 Å². The second-order valence-corrected chi connectivity index (χ2v) is 3.45. The first-order chi connectivity index (χ1) is 5.33. The highest BCUT2D eigenvalue weighted by Gasteiger charge is 2.34. The van der Waals surface area contributed by atoms with E-state index in [0.29, 0.717) is 6.42 Å². The van der Waals surface area contributed by atoms with E-state index < -0.39 is 4.99 Å². The SMILES string of the molecule is O=C=NC1(N=C=O)CCCS1. The largest absolute Gasteiger partial charge is 0.238 e. The van der Waals surface area contributed by atoms with Crippen LogP contribution in [0.2, 0.25) is 0 Å². The Morgan fingerprint density at radius 2 is 1.91 bits per heavy atom. The van der Waals surface area contributed by atoms with Crippen molar-refractivity contribution in [1.29, 1.82) is 0 Å². The van der Waals surface area contributed by atoms with Crippen LogP contribution in [0.4, 0.5) is 0 Å². The third-order valence-electron chi connectivity index (χ3n) is 1.42. The fourth-order valence-electron chi connectivity index (χ4n) is 0.954. The fourth-order valence-corrected chi connectivity index (χ4v) is 2.06. The molecule has 11 heavy (non-hydrogen) atoms. The van der Waals surface area contributed by atoms with Crippen molar-refractivity contribution in [3.05, 3.63) is 0 Å². The van der Waals surface area contributed by atoms with Crippen LogP contribution in [0.25, 0.3) is 0 Å². The molecule has 0 aromatic carbocycles. The van der Waals surface area contributed by atoms with Gasteiger partial charge in [0.15, 0.2) is 0 Å². The lowest BCUT2D eigenvalue weighted by Crippen LogP contribution is -2.13. The molecule has 0 unspecified atom stereocenters. The summed E-state index contributed by atoms with van der Waals surface area (Å²) in [6, 6.07) is 0. The average molecular weight is 170 g/mol. The summed E-state index contributed by atoms with van der Waals surface area (Å²) in [5.41, 5.74) is 0. The molecule has 0 atom stereocenters. The van der Waals surface area contributed by atoms with Gasteiger partial charge >= 0.3 is 0 Å². The standard InChI is InChI=1S/C6H6N2O2S/c9-4-7-6(8-5-10)2-1-3-11-6/h1-3H2. The molecule has 1 aliphatic heterocycles. The number of isocyanates is 2. The van der Waals surface area contributed by atoms with Crippen molar-refractivity contribution in [2.45, 2.75) is 17.8 Å². The lowest BCUT2D eigenvalue weighted by atomic mass is 10.3. The first-order valence-electron chi connectivity index (χ1n) is 3.15. The highest BCUT2D eigenvalue weighted by atomic mass is 32.2. The Hall–Kier alpha value is -0.890. The molecule has 0 N–H and O–H groups in total. The molecule has 1 fully saturated rings. The molecule has 0 saturated carbocycles. The van der Waals surface area contributed by atoms with E-state index in [1.54, 1.807) is 0 Å². The van der Waals surface area contributed by atoms with E-state index in [0.717, 1.165) is 12.2 Å². The molecule has 1 rings (SSSR count). The molecule has 0 amide bonds. The Kier molecular flexibility index (Phi) is 2.60. The van der Waals surface area contributed by atoms with E-state index in [1.165, 1.54) is 23.9 Å². The Morgan fingerprint density at radius 1 is 1.27 bits per heavy atom. The van der Waals surface area contributed by atoms with Crippen molar-refractivity contribution < 1.29 is 9.59 Å². The van der Waals surface area contributed by atoms with Crippen LogP contribution in [0.5, 0.6) is 0 Å². The number of thioether (sulfide) groups is 1. The summed E-state index contributed by atoms with van der Waals surface area (Å²) >= 11 is 1.38. The maximum Gasteiger partial charge on any atom is 0.238 e. The maximum absolute atomic E-state index is 9.95. The topological polar surface area (TPSA) is 58.9 Å². The van der Waals surface area contributed by atoms with Gasteiger partial charge in [0.2, 0.25) is 17.2 Å². The lowest BCUT2D eigenvalue weighted by molar-refractivity contribution is 0.534. The normalized spacial score (nSPS) is 28.7. The van der Waals surface area contributed by atoms with Crippen LogP contribution in [0, 0.1) is 0 Å². The van der Waals surface area contributed by atoms with Crippen molar-refractivity contribution in [2.24, 2.45) is 9.98 Å². The van der Waals surface area contributed by atoms with Crippen LogP contribution in [0.3, 0.4) is 0 Å². The predicted octanol–water partition coefficient (Wildman–Crippen LogP) is 0.839. The van der Waals surface area contributed by atoms with Gasteiger partial charge < -0.3 is 0 Å². The van der Waals surface area contributed by atoms with Crippen LogP contribution in [-0.2, 0) is 9.59 Å². The van der Waals surface area contributed by atoms with E-state index in [-0.39, 0.29) is 0 Å². The summed E-state index contributed by atoms with van der Waals surface area (Å²) in [7, 11) is 0. The molecular weight excluding hydrogens is 164 g/mol. The van der Waals surface area contributed by atoms with Gasteiger partial charge in [0.25, 0.3) is 0 Å². The molecular formula is C6H6N2O2S. The predicted molar refractivity (Wildman–Crippen MR) is 40.7 cm³/mol. The lowest BCUT2D eigenvalue weighted by Gasteiger charge is -2.11. The maximum atomic E-state index is 9.95. The van der Waals surface area contributed by atoms with Gasteiger partial charge in [-0.25, -0.2) is 9.59 Å². The first kappa shape index (κ1) is 8.21. The summed E-state index contributed by atoms with van der Waals surface area (Å²) in [5.74, 6) is 0.871. The Balaban J connectivity index is 2.86. The molecule has 0 spiro atoms. The van der Waals surface area contributed by atoms with Gasteiger partial charge in [-0.2, -0.15) is 9.98 Å². The number of aliphatic imine (C=N–C) groups is 2. The van der Waals surface area contributed by atoms with Gasteiger partial charge in [0, 0.05) is 6.42 Å². The minimum atomic E-state index is -0.885. The average Bonchev–Trinajstić information content (AvgIpc) is 2.39. The Morgan fingerprint density at radius 3 is 2.27 bits per heavy atom. The molecule has 1 saturated heterocycles. The quantitative estimate of drug-likeness (QED) is 0.455. The van der Waals surface area contributed by atoms with Crippen molar-refractivity contribution in [3.8, 4) is 0 Å². The first-order valence-corrected chi connectivity index (χ1v) is 4.13. The third-order valence-corrected chi connectivity index (χ3v) is 2.76. The van der Waals surface area contributed by atoms with Gasteiger partial charge in [0.1, 0.15) is 0 Å². The number of rotatable bonds is 2. The van der Waals surface area contributed by atoms with Crippen LogP contribution in [-0.4, -0.2) is 22.9 Å². The van der Waals surface area contributed by atoms with Crippen molar-refractivity contribution >= 4 is 23.9 Å². The highest BCUT2D eigenvalue weighted by Crippen LogP contribution is 2.39. The number of nitrogens with zero attached hydrogens (tertiary/aromatic N) is 2. The van der Waals surface area contributed by atoms with Gasteiger partial charge in [-0.05, 0) is 12.2 Å². The molecule has 1 aliphatic rings.